The molecular weight excluding hydrogens is 228 g/mol. The van der Waals surface area contributed by atoms with Crippen LogP contribution in [0.1, 0.15) is 13.8 Å². The molecule has 7 nitrogen and oxygen atoms in total. The molecule has 0 fully saturated rings. The van der Waals surface area contributed by atoms with E-state index in [2.05, 4.69) is 0 Å². The molecule has 0 aliphatic carbocycles. The zero-order valence-corrected chi connectivity index (χ0v) is 9.87. The number of carbonyl (C=O) groups excluding carboxylic acids is 1. The fourth-order valence-electron chi connectivity index (χ4n) is 1.24. The molecule has 0 heterocycles. The Balaban J connectivity index is 4.33. The monoisotopic (exact) mass is 246 g/mol. The van der Waals surface area contributed by atoms with Gasteiger partial charge in [-0.1, -0.05) is 0 Å². The van der Waals surface area contributed by atoms with Crippen molar-refractivity contribution >= 4 is 5.91 Å². The van der Waals surface area contributed by atoms with E-state index < -0.39 is 30.3 Å². The van der Waals surface area contributed by atoms with Crippen LogP contribution in [0.3, 0.4) is 0 Å². The maximum Gasteiger partial charge on any atom is 0.243 e. The van der Waals surface area contributed by atoms with Crippen molar-refractivity contribution in [1.82, 2.24) is 0 Å². The smallest absolute Gasteiger partial charge is 0.243 e. The van der Waals surface area contributed by atoms with Crippen LogP contribution in [0, 0.1) is 11.3 Å². The van der Waals surface area contributed by atoms with E-state index >= 15 is 0 Å². The fraction of sp³-hybridized carbons (Fsp3) is 0.800. The molecule has 0 bridgehead atoms. The molecule has 0 saturated heterocycles. The van der Waals surface area contributed by atoms with Crippen LogP contribution in [0.2, 0.25) is 0 Å². The summed E-state index contributed by atoms with van der Waals surface area (Å²) < 4.78 is 9.96. The van der Waals surface area contributed by atoms with Gasteiger partial charge < -0.3 is 25.4 Å². The summed E-state index contributed by atoms with van der Waals surface area (Å²) >= 11 is 0. The van der Waals surface area contributed by atoms with Crippen molar-refractivity contribution in [1.29, 1.82) is 5.26 Å². The van der Waals surface area contributed by atoms with Crippen molar-refractivity contribution in [3.8, 4) is 6.07 Å². The highest BCUT2D eigenvalue weighted by atomic mass is 16.5. The predicted octanol–water partition coefficient (Wildman–Crippen LogP) is -1.47. The van der Waals surface area contributed by atoms with Crippen LogP contribution in [-0.4, -0.2) is 53.7 Å². The summed E-state index contributed by atoms with van der Waals surface area (Å²) in [5, 5.41) is 27.6. The number of hydrogen-bond donors (Lipinski definition) is 3. The quantitative estimate of drug-likeness (QED) is 0.480. The number of rotatable bonds is 8. The molecular formula is C10H18N2O5. The van der Waals surface area contributed by atoms with Crippen LogP contribution >= 0.6 is 0 Å². The number of amides is 1. The molecule has 7 heteroatoms. The van der Waals surface area contributed by atoms with E-state index in [4.69, 9.17) is 20.5 Å². The van der Waals surface area contributed by atoms with Crippen molar-refractivity contribution in [2.45, 2.75) is 38.3 Å². The zero-order valence-electron chi connectivity index (χ0n) is 9.87. The lowest BCUT2D eigenvalue weighted by Gasteiger charge is -2.28. The number of aliphatic hydroxyl groups excluding tert-OH is 2. The van der Waals surface area contributed by atoms with Gasteiger partial charge in [0.2, 0.25) is 5.91 Å². The van der Waals surface area contributed by atoms with Gasteiger partial charge in [0.05, 0.1) is 18.3 Å². The molecule has 98 valence electrons. The van der Waals surface area contributed by atoms with Gasteiger partial charge in [-0.05, 0) is 13.8 Å². The standard InChI is InChI=1S/C10H18N2O5/c1-6(13)10(16-4-3-11)9(15)7(2)17-5-8(12)14/h6-7,9-10,13,15H,4-5H2,1-2H3,(H2,12,14). The van der Waals surface area contributed by atoms with Crippen molar-refractivity contribution in [2.24, 2.45) is 5.73 Å². The largest absolute Gasteiger partial charge is 0.391 e. The van der Waals surface area contributed by atoms with Crippen LogP contribution < -0.4 is 5.73 Å². The molecule has 0 saturated carbocycles. The molecule has 0 aromatic heterocycles. The van der Waals surface area contributed by atoms with Crippen molar-refractivity contribution in [3.05, 3.63) is 0 Å². The number of hydrogen-bond acceptors (Lipinski definition) is 6. The summed E-state index contributed by atoms with van der Waals surface area (Å²) in [6, 6.07) is 1.74. The third kappa shape index (κ3) is 6.19. The lowest BCUT2D eigenvalue weighted by atomic mass is 10.0. The van der Waals surface area contributed by atoms with Gasteiger partial charge in [-0.25, -0.2) is 0 Å². The Morgan fingerprint density at radius 1 is 1.41 bits per heavy atom. The minimum atomic E-state index is -1.16. The molecule has 0 rings (SSSR count). The van der Waals surface area contributed by atoms with Crippen LogP contribution in [0.25, 0.3) is 0 Å². The third-order valence-corrected chi connectivity index (χ3v) is 2.12. The van der Waals surface area contributed by atoms with E-state index in [0.29, 0.717) is 0 Å². The number of nitrogens with zero attached hydrogens (tertiary/aromatic N) is 1. The van der Waals surface area contributed by atoms with Crippen LogP contribution in [-0.2, 0) is 14.3 Å². The molecule has 0 spiro atoms. The molecule has 4 unspecified atom stereocenters. The fourth-order valence-corrected chi connectivity index (χ4v) is 1.24. The molecule has 0 radical (unpaired) electrons. The van der Waals surface area contributed by atoms with Crippen molar-refractivity contribution in [2.75, 3.05) is 13.2 Å². The highest BCUT2D eigenvalue weighted by Gasteiger charge is 2.30. The van der Waals surface area contributed by atoms with Crippen LogP contribution in [0.5, 0.6) is 0 Å². The molecule has 0 aliphatic rings. The summed E-state index contributed by atoms with van der Waals surface area (Å²) in [6.07, 6.45) is -3.85. The summed E-state index contributed by atoms with van der Waals surface area (Å²) in [5.74, 6) is -0.657. The van der Waals surface area contributed by atoms with Crippen molar-refractivity contribution in [3.63, 3.8) is 0 Å². The van der Waals surface area contributed by atoms with Gasteiger partial charge in [-0.2, -0.15) is 5.26 Å². The number of nitrogens with two attached hydrogens (primary N) is 1. The number of nitriles is 1. The number of carbonyl (C=O) groups is 1. The van der Waals surface area contributed by atoms with Crippen molar-refractivity contribution < 1.29 is 24.5 Å². The Hall–Kier alpha value is -1.20. The van der Waals surface area contributed by atoms with Gasteiger partial charge in [0.25, 0.3) is 0 Å². The Morgan fingerprint density at radius 2 is 2.00 bits per heavy atom. The minimum Gasteiger partial charge on any atom is -0.391 e. The van der Waals surface area contributed by atoms with Gasteiger partial charge in [0.15, 0.2) is 0 Å². The lowest BCUT2D eigenvalue weighted by molar-refractivity contribution is -0.143. The maximum atomic E-state index is 10.5. The molecule has 0 aromatic carbocycles. The molecule has 1 amide bonds. The number of ether oxygens (including phenoxy) is 2. The Morgan fingerprint density at radius 3 is 2.41 bits per heavy atom. The summed E-state index contributed by atoms with van der Waals surface area (Å²) in [7, 11) is 0. The maximum absolute atomic E-state index is 10.5. The predicted molar refractivity (Wildman–Crippen MR) is 57.6 cm³/mol. The molecule has 0 aliphatic heterocycles. The van der Waals surface area contributed by atoms with E-state index in [0.717, 1.165) is 0 Å². The van der Waals surface area contributed by atoms with Gasteiger partial charge in [-0.15, -0.1) is 0 Å². The molecule has 0 aromatic rings. The van der Waals surface area contributed by atoms with Crippen LogP contribution in [0.15, 0.2) is 0 Å². The SMILES string of the molecule is CC(O)C(OCC#N)C(O)C(C)OCC(N)=O. The van der Waals surface area contributed by atoms with Crippen LogP contribution in [0.4, 0.5) is 0 Å². The minimum absolute atomic E-state index is 0.255. The van der Waals surface area contributed by atoms with Gasteiger partial charge in [0, 0.05) is 0 Å². The first-order valence-electron chi connectivity index (χ1n) is 5.14. The normalized spacial score (nSPS) is 17.8. The van der Waals surface area contributed by atoms with Gasteiger partial charge >= 0.3 is 0 Å². The Kier molecular flexibility index (Phi) is 7.41. The number of aliphatic hydroxyl groups is 2. The van der Waals surface area contributed by atoms with E-state index in [-0.39, 0.29) is 13.2 Å². The third-order valence-electron chi connectivity index (χ3n) is 2.12. The van der Waals surface area contributed by atoms with Gasteiger partial charge in [0.1, 0.15) is 25.4 Å². The van der Waals surface area contributed by atoms with E-state index in [1.165, 1.54) is 13.8 Å². The molecule has 17 heavy (non-hydrogen) atoms. The van der Waals surface area contributed by atoms with E-state index in [1.54, 1.807) is 6.07 Å². The summed E-state index contributed by atoms with van der Waals surface area (Å²) in [5.41, 5.74) is 4.89. The van der Waals surface area contributed by atoms with E-state index in [9.17, 15) is 15.0 Å². The zero-order chi connectivity index (χ0) is 13.4. The second-order valence-electron chi connectivity index (χ2n) is 3.65. The average Bonchev–Trinajstić information content (AvgIpc) is 2.25. The average molecular weight is 246 g/mol. The highest BCUT2D eigenvalue weighted by molar-refractivity contribution is 5.75. The van der Waals surface area contributed by atoms with E-state index in [1.807, 2.05) is 0 Å². The first kappa shape index (κ1) is 15.8. The Labute approximate surface area is 99.7 Å². The first-order chi connectivity index (χ1) is 7.90. The Bertz CT molecular complexity index is 276. The lowest BCUT2D eigenvalue weighted by Crippen LogP contribution is -2.45. The first-order valence-corrected chi connectivity index (χ1v) is 5.14. The highest BCUT2D eigenvalue weighted by Crippen LogP contribution is 2.11. The summed E-state index contributed by atoms with van der Waals surface area (Å²) in [4.78, 5) is 10.5. The molecule has 4 atom stereocenters. The second-order valence-corrected chi connectivity index (χ2v) is 3.65. The van der Waals surface area contributed by atoms with Gasteiger partial charge in [-0.3, -0.25) is 4.79 Å². The topological polar surface area (TPSA) is 126 Å². The second kappa shape index (κ2) is 7.97. The molecule has 4 N–H and O–H groups in total. The number of primary amides is 1. The summed E-state index contributed by atoms with van der Waals surface area (Å²) in [6.45, 7) is 2.35.